The van der Waals surface area contributed by atoms with Gasteiger partial charge in [-0.05, 0) is 18.3 Å². The van der Waals surface area contributed by atoms with E-state index in [0.717, 1.165) is 13.0 Å². The fourth-order valence-corrected chi connectivity index (χ4v) is 2.83. The number of hydrogen-bond donors (Lipinski definition) is 0. The fraction of sp³-hybridized carbons (Fsp3) is 0.429. The van der Waals surface area contributed by atoms with Crippen LogP contribution in [0.2, 0.25) is 0 Å². The van der Waals surface area contributed by atoms with Crippen molar-refractivity contribution < 1.29 is 4.74 Å². The number of rotatable bonds is 0. The Hall–Kier alpha value is -1.08. The van der Waals surface area contributed by atoms with E-state index in [1.807, 2.05) is 0 Å². The Kier molecular flexibility index (Phi) is 2.34. The van der Waals surface area contributed by atoms with Crippen LogP contribution in [-0.2, 0) is 4.74 Å². The summed E-state index contributed by atoms with van der Waals surface area (Å²) < 4.78 is 5.89. The minimum atomic E-state index is 0.293. The molecule has 0 aromatic rings. The van der Waals surface area contributed by atoms with E-state index in [1.165, 1.54) is 0 Å². The van der Waals surface area contributed by atoms with E-state index in [-0.39, 0.29) is 0 Å². The van der Waals surface area contributed by atoms with E-state index in [1.54, 1.807) is 0 Å². The summed E-state index contributed by atoms with van der Waals surface area (Å²) in [6.07, 6.45) is 19.2. The van der Waals surface area contributed by atoms with Gasteiger partial charge in [0.25, 0.3) is 0 Å². The van der Waals surface area contributed by atoms with Gasteiger partial charge in [0.15, 0.2) is 0 Å². The van der Waals surface area contributed by atoms with Gasteiger partial charge in [0.2, 0.25) is 0 Å². The van der Waals surface area contributed by atoms with E-state index >= 15 is 0 Å². The van der Waals surface area contributed by atoms with Gasteiger partial charge in [-0.15, -0.1) is 0 Å². The monoisotopic (exact) mass is 200 g/mol. The topological polar surface area (TPSA) is 9.23 Å². The lowest BCUT2D eigenvalue weighted by Gasteiger charge is -2.30. The van der Waals surface area contributed by atoms with Crippen molar-refractivity contribution in [2.45, 2.75) is 12.5 Å². The molecule has 1 fully saturated rings. The van der Waals surface area contributed by atoms with Crippen molar-refractivity contribution >= 4 is 0 Å². The maximum Gasteiger partial charge on any atom is 0.0827 e. The van der Waals surface area contributed by atoms with Crippen LogP contribution >= 0.6 is 0 Å². The van der Waals surface area contributed by atoms with E-state index in [9.17, 15) is 0 Å². The lowest BCUT2D eigenvalue weighted by molar-refractivity contribution is 0.0663. The van der Waals surface area contributed by atoms with E-state index in [2.05, 4.69) is 48.6 Å². The van der Waals surface area contributed by atoms with Gasteiger partial charge in [0.1, 0.15) is 0 Å². The zero-order valence-corrected chi connectivity index (χ0v) is 8.75. The Morgan fingerprint density at radius 2 is 1.53 bits per heavy atom. The van der Waals surface area contributed by atoms with Crippen LogP contribution in [0, 0.1) is 17.8 Å². The molecule has 0 bridgehead atoms. The summed E-state index contributed by atoms with van der Waals surface area (Å²) in [4.78, 5) is 0. The highest BCUT2D eigenvalue weighted by molar-refractivity contribution is 5.23. The number of allylic oxidation sites excluding steroid dienone is 6. The second-order valence-corrected chi connectivity index (χ2v) is 4.48. The zero-order chi connectivity index (χ0) is 10.1. The minimum absolute atomic E-state index is 0.293. The minimum Gasteiger partial charge on any atom is -0.373 e. The largest absolute Gasteiger partial charge is 0.373 e. The first-order valence-electron chi connectivity index (χ1n) is 5.77. The highest BCUT2D eigenvalue weighted by Gasteiger charge is 2.34. The number of fused-ring (bicyclic) bond motifs is 3. The summed E-state index contributed by atoms with van der Waals surface area (Å²) in [6, 6.07) is 0. The first kappa shape index (κ1) is 9.17. The lowest BCUT2D eigenvalue weighted by atomic mass is 9.75. The van der Waals surface area contributed by atoms with Crippen molar-refractivity contribution in [3.63, 3.8) is 0 Å². The summed E-state index contributed by atoms with van der Waals surface area (Å²) in [5.41, 5.74) is 0. The van der Waals surface area contributed by atoms with Gasteiger partial charge in [-0.2, -0.15) is 0 Å². The van der Waals surface area contributed by atoms with Gasteiger partial charge in [0, 0.05) is 12.5 Å². The van der Waals surface area contributed by atoms with Gasteiger partial charge in [-0.3, -0.25) is 0 Å². The molecular formula is C14H16O. The van der Waals surface area contributed by atoms with Crippen LogP contribution in [0.1, 0.15) is 6.42 Å². The van der Waals surface area contributed by atoms with Gasteiger partial charge in [0.05, 0.1) is 6.10 Å². The van der Waals surface area contributed by atoms with Gasteiger partial charge >= 0.3 is 0 Å². The molecule has 1 nitrogen and oxygen atoms in total. The van der Waals surface area contributed by atoms with Gasteiger partial charge < -0.3 is 4.74 Å². The second-order valence-electron chi connectivity index (χ2n) is 4.48. The van der Waals surface area contributed by atoms with Crippen molar-refractivity contribution in [1.82, 2.24) is 0 Å². The maximum atomic E-state index is 5.89. The van der Waals surface area contributed by atoms with Gasteiger partial charge in [-0.1, -0.05) is 48.6 Å². The highest BCUT2D eigenvalue weighted by atomic mass is 16.5. The van der Waals surface area contributed by atoms with Crippen LogP contribution < -0.4 is 0 Å². The Labute approximate surface area is 90.8 Å². The van der Waals surface area contributed by atoms with Crippen molar-refractivity contribution in [3.8, 4) is 0 Å². The van der Waals surface area contributed by atoms with Crippen LogP contribution in [0.3, 0.4) is 0 Å². The molecule has 2 aliphatic carbocycles. The molecule has 0 N–H and O–H groups in total. The molecule has 0 amide bonds. The summed E-state index contributed by atoms with van der Waals surface area (Å²) in [7, 11) is 0. The molecule has 78 valence electrons. The smallest absolute Gasteiger partial charge is 0.0827 e. The molecule has 1 saturated heterocycles. The average Bonchev–Trinajstić information content (AvgIpc) is 2.48. The molecule has 0 saturated carbocycles. The van der Waals surface area contributed by atoms with Crippen LogP contribution in [0.25, 0.3) is 0 Å². The Balaban J connectivity index is 1.92. The third kappa shape index (κ3) is 1.61. The first-order valence-corrected chi connectivity index (χ1v) is 5.77. The van der Waals surface area contributed by atoms with E-state index < -0.39 is 0 Å². The summed E-state index contributed by atoms with van der Waals surface area (Å²) in [5.74, 6) is 1.83. The summed E-state index contributed by atoms with van der Waals surface area (Å²) >= 11 is 0. The molecule has 0 spiro atoms. The fourth-order valence-electron chi connectivity index (χ4n) is 2.83. The SMILES string of the molecule is C1=CC2CCOC3C=CC=CC3C2C=C1. The Morgan fingerprint density at radius 1 is 0.800 bits per heavy atom. The molecule has 3 rings (SSSR count). The molecule has 3 aliphatic rings. The lowest BCUT2D eigenvalue weighted by Crippen LogP contribution is -2.28. The van der Waals surface area contributed by atoms with Crippen LogP contribution in [0.5, 0.6) is 0 Å². The van der Waals surface area contributed by atoms with Crippen LogP contribution in [0.4, 0.5) is 0 Å². The number of ether oxygens (including phenoxy) is 1. The summed E-state index contributed by atoms with van der Waals surface area (Å²) in [6.45, 7) is 0.888. The number of hydrogen-bond acceptors (Lipinski definition) is 1. The molecular weight excluding hydrogens is 184 g/mol. The standard InChI is InChI=1S/C14H16O/c1-2-6-12-11(5-1)9-10-15-14-8-4-3-7-13(12)14/h1-8,11-14H,9-10H2. The molecule has 1 heterocycles. The summed E-state index contributed by atoms with van der Waals surface area (Å²) in [5, 5.41) is 0. The molecule has 15 heavy (non-hydrogen) atoms. The molecule has 0 aromatic heterocycles. The van der Waals surface area contributed by atoms with Crippen LogP contribution in [0.15, 0.2) is 48.6 Å². The third-order valence-electron chi connectivity index (χ3n) is 3.63. The highest BCUT2D eigenvalue weighted by Crippen LogP contribution is 2.37. The molecule has 4 atom stereocenters. The predicted molar refractivity (Wildman–Crippen MR) is 61.4 cm³/mol. The van der Waals surface area contributed by atoms with Crippen molar-refractivity contribution in [2.24, 2.45) is 17.8 Å². The molecule has 4 unspecified atom stereocenters. The maximum absolute atomic E-state index is 5.89. The van der Waals surface area contributed by atoms with Gasteiger partial charge in [-0.25, -0.2) is 0 Å². The van der Waals surface area contributed by atoms with E-state index in [0.29, 0.717) is 23.9 Å². The molecule has 1 aliphatic heterocycles. The van der Waals surface area contributed by atoms with E-state index in [4.69, 9.17) is 4.74 Å². The first-order chi connectivity index (χ1) is 7.45. The normalized spacial score (nSPS) is 42.1. The Bertz CT molecular complexity index is 314. The predicted octanol–water partition coefficient (Wildman–Crippen LogP) is 2.88. The molecule has 1 heteroatoms. The molecule has 0 aromatic carbocycles. The van der Waals surface area contributed by atoms with Crippen LogP contribution in [-0.4, -0.2) is 12.7 Å². The second kappa shape index (κ2) is 3.82. The van der Waals surface area contributed by atoms with Crippen molar-refractivity contribution in [2.75, 3.05) is 6.61 Å². The average molecular weight is 200 g/mol. The Morgan fingerprint density at radius 3 is 2.47 bits per heavy atom. The van der Waals surface area contributed by atoms with Crippen molar-refractivity contribution in [1.29, 1.82) is 0 Å². The van der Waals surface area contributed by atoms with Crippen molar-refractivity contribution in [3.05, 3.63) is 48.6 Å². The molecule has 0 radical (unpaired) electrons. The third-order valence-corrected chi connectivity index (χ3v) is 3.63. The quantitative estimate of drug-likeness (QED) is 0.584. The zero-order valence-electron chi connectivity index (χ0n) is 8.75.